The van der Waals surface area contributed by atoms with Crippen LogP contribution in [-0.4, -0.2) is 11.1 Å². The van der Waals surface area contributed by atoms with Crippen LogP contribution in [0.5, 0.6) is 0 Å². The van der Waals surface area contributed by atoms with Gasteiger partial charge in [-0.05, 0) is 29.7 Å². The third-order valence-electron chi connectivity index (χ3n) is 3.26. The Labute approximate surface area is 131 Å². The monoisotopic (exact) mass is 350 g/mol. The van der Waals surface area contributed by atoms with Crippen molar-refractivity contribution in [2.45, 2.75) is 21.5 Å². The Bertz CT molecular complexity index is 568. The van der Waals surface area contributed by atoms with Crippen LogP contribution >= 0.6 is 39.5 Å². The maximum Gasteiger partial charge on any atom is 0.0349 e. The van der Waals surface area contributed by atoms with Gasteiger partial charge in [0.25, 0.3) is 0 Å². The molecule has 2 aromatic carbocycles. The molecule has 0 aliphatic carbocycles. The lowest BCUT2D eigenvalue weighted by atomic mass is 10.0. The maximum absolute atomic E-state index is 3.54. The summed E-state index contributed by atoms with van der Waals surface area (Å²) in [6.45, 7) is 0. The van der Waals surface area contributed by atoms with Crippen LogP contribution in [0.4, 0.5) is 0 Å². The molecule has 98 valence electrons. The first-order valence-corrected chi connectivity index (χ1v) is 9.39. The largest absolute Gasteiger partial charge is 0.153 e. The molecular weight excluding hydrogens is 336 g/mol. The van der Waals surface area contributed by atoms with Crippen molar-refractivity contribution in [3.63, 3.8) is 0 Å². The van der Waals surface area contributed by atoms with Gasteiger partial charge in [0, 0.05) is 26.1 Å². The van der Waals surface area contributed by atoms with Gasteiger partial charge in [0.2, 0.25) is 0 Å². The summed E-state index contributed by atoms with van der Waals surface area (Å²) in [7, 11) is 0. The van der Waals surface area contributed by atoms with Crippen molar-refractivity contribution in [2.75, 3.05) is 11.1 Å². The van der Waals surface area contributed by atoms with Crippen molar-refractivity contribution >= 4 is 39.5 Å². The molecule has 1 atom stereocenters. The highest BCUT2D eigenvalue weighted by molar-refractivity contribution is 9.09. The summed E-state index contributed by atoms with van der Waals surface area (Å²) < 4.78 is 0. The van der Waals surface area contributed by atoms with Crippen molar-refractivity contribution in [3.05, 3.63) is 59.7 Å². The molecule has 0 radical (unpaired) electrons. The number of fused-ring (bicyclic) bond motifs is 2. The Morgan fingerprint density at radius 3 is 2.63 bits per heavy atom. The summed E-state index contributed by atoms with van der Waals surface area (Å²) in [6.07, 6.45) is 1.14. The molecule has 0 fully saturated rings. The maximum atomic E-state index is 3.54. The van der Waals surface area contributed by atoms with E-state index in [2.05, 4.69) is 76.2 Å². The normalized spacial score (nSPS) is 17.4. The fourth-order valence-electron chi connectivity index (χ4n) is 2.38. The van der Waals surface area contributed by atoms with E-state index in [4.69, 9.17) is 0 Å². The highest BCUT2D eigenvalue weighted by Gasteiger charge is 2.22. The third-order valence-corrected chi connectivity index (χ3v) is 6.65. The summed E-state index contributed by atoms with van der Waals surface area (Å²) in [6, 6.07) is 17.7. The fourth-order valence-corrected chi connectivity index (χ4v) is 5.21. The molecule has 2 aromatic rings. The minimum Gasteiger partial charge on any atom is -0.153 e. The lowest BCUT2D eigenvalue weighted by Crippen LogP contribution is -2.00. The fraction of sp³-hybridized carbons (Fsp3) is 0.250. The first kappa shape index (κ1) is 13.6. The van der Waals surface area contributed by atoms with Gasteiger partial charge in [-0.15, -0.1) is 0 Å². The highest BCUT2D eigenvalue weighted by atomic mass is 79.9. The molecule has 0 aromatic heterocycles. The van der Waals surface area contributed by atoms with E-state index in [1.54, 1.807) is 0 Å². The number of benzene rings is 2. The topological polar surface area (TPSA) is 0 Å². The molecule has 3 heteroatoms. The van der Waals surface area contributed by atoms with E-state index in [1.165, 1.54) is 20.9 Å². The van der Waals surface area contributed by atoms with E-state index in [-0.39, 0.29) is 0 Å². The van der Waals surface area contributed by atoms with Gasteiger partial charge in [-0.25, -0.2) is 0 Å². The van der Waals surface area contributed by atoms with Crippen molar-refractivity contribution < 1.29 is 0 Å². The first-order chi connectivity index (χ1) is 9.38. The molecule has 1 aliphatic heterocycles. The first-order valence-electron chi connectivity index (χ1n) is 6.41. The average molecular weight is 351 g/mol. The third kappa shape index (κ3) is 3.04. The van der Waals surface area contributed by atoms with Gasteiger partial charge in [-0.2, -0.15) is 11.8 Å². The van der Waals surface area contributed by atoms with Crippen LogP contribution in [0, 0.1) is 0 Å². The predicted octanol–water partition coefficient (Wildman–Crippen LogP) is 5.56. The molecular formula is C16H15BrS2. The number of thioether (sulfide) groups is 1. The van der Waals surface area contributed by atoms with E-state index in [0.29, 0.717) is 5.25 Å². The molecule has 1 aliphatic rings. The van der Waals surface area contributed by atoms with Gasteiger partial charge in [0.15, 0.2) is 0 Å². The second kappa shape index (κ2) is 6.38. The highest BCUT2D eigenvalue weighted by Crippen LogP contribution is 2.45. The van der Waals surface area contributed by atoms with E-state index in [0.717, 1.165) is 17.5 Å². The summed E-state index contributed by atoms with van der Waals surface area (Å²) in [5.41, 5.74) is 2.98. The predicted molar refractivity (Wildman–Crippen MR) is 89.7 cm³/mol. The van der Waals surface area contributed by atoms with Crippen LogP contribution in [0.3, 0.4) is 0 Å². The molecule has 0 spiro atoms. The summed E-state index contributed by atoms with van der Waals surface area (Å²) in [5, 5.41) is 1.63. The number of alkyl halides is 1. The smallest absolute Gasteiger partial charge is 0.0349 e. The quantitative estimate of drug-likeness (QED) is 0.664. The zero-order valence-electron chi connectivity index (χ0n) is 10.5. The Kier molecular flexibility index (Phi) is 4.57. The SMILES string of the molecule is BrCCSC1Cc2ccccc2Sc2ccccc21. The second-order valence-electron chi connectivity index (χ2n) is 4.50. The van der Waals surface area contributed by atoms with E-state index in [1.807, 2.05) is 11.8 Å². The second-order valence-corrected chi connectivity index (χ2v) is 7.69. The molecule has 0 N–H and O–H groups in total. The van der Waals surface area contributed by atoms with Gasteiger partial charge in [0.1, 0.15) is 0 Å². The molecule has 0 amide bonds. The average Bonchev–Trinajstić information content (AvgIpc) is 2.61. The number of hydrogen-bond acceptors (Lipinski definition) is 2. The molecule has 3 rings (SSSR count). The minimum atomic E-state index is 0.574. The zero-order chi connectivity index (χ0) is 13.1. The van der Waals surface area contributed by atoms with Crippen LogP contribution in [0.15, 0.2) is 58.3 Å². The zero-order valence-corrected chi connectivity index (χ0v) is 13.7. The Hall–Kier alpha value is -0.380. The lowest BCUT2D eigenvalue weighted by molar-refractivity contribution is 0.902. The van der Waals surface area contributed by atoms with Gasteiger partial charge in [-0.3, -0.25) is 0 Å². The van der Waals surface area contributed by atoms with Crippen LogP contribution in [0.2, 0.25) is 0 Å². The lowest BCUT2D eigenvalue weighted by Gasteiger charge is -2.16. The van der Waals surface area contributed by atoms with Gasteiger partial charge < -0.3 is 0 Å². The van der Waals surface area contributed by atoms with E-state index >= 15 is 0 Å². The number of hydrogen-bond donors (Lipinski definition) is 0. The van der Waals surface area contributed by atoms with Crippen molar-refractivity contribution in [1.82, 2.24) is 0 Å². The van der Waals surface area contributed by atoms with Crippen molar-refractivity contribution in [3.8, 4) is 0 Å². The minimum absolute atomic E-state index is 0.574. The Balaban J connectivity index is 2.01. The van der Waals surface area contributed by atoms with Crippen molar-refractivity contribution in [2.24, 2.45) is 0 Å². The Morgan fingerprint density at radius 1 is 1.05 bits per heavy atom. The molecule has 0 nitrogen and oxygen atoms in total. The molecule has 0 bridgehead atoms. The molecule has 1 unspecified atom stereocenters. The summed E-state index contributed by atoms with van der Waals surface area (Å²) >= 11 is 7.51. The van der Waals surface area contributed by atoms with Crippen LogP contribution < -0.4 is 0 Å². The van der Waals surface area contributed by atoms with Crippen LogP contribution in [0.25, 0.3) is 0 Å². The Morgan fingerprint density at radius 2 is 1.79 bits per heavy atom. The number of rotatable bonds is 3. The molecule has 0 saturated carbocycles. The number of halogens is 1. The van der Waals surface area contributed by atoms with Gasteiger partial charge in [-0.1, -0.05) is 64.1 Å². The van der Waals surface area contributed by atoms with Crippen molar-refractivity contribution in [1.29, 1.82) is 0 Å². The molecule has 0 saturated heterocycles. The molecule has 1 heterocycles. The van der Waals surface area contributed by atoms with Gasteiger partial charge >= 0.3 is 0 Å². The molecule has 19 heavy (non-hydrogen) atoms. The summed E-state index contributed by atoms with van der Waals surface area (Å²) in [4.78, 5) is 2.83. The standard InChI is InChI=1S/C16H15BrS2/c17-9-10-18-16-11-12-5-1-3-7-14(12)19-15-8-4-2-6-13(15)16/h1-8,16H,9-11H2. The van der Waals surface area contributed by atoms with Crippen LogP contribution in [-0.2, 0) is 6.42 Å². The van der Waals surface area contributed by atoms with E-state index < -0.39 is 0 Å². The van der Waals surface area contributed by atoms with Gasteiger partial charge in [0.05, 0.1) is 0 Å². The summed E-state index contributed by atoms with van der Waals surface area (Å²) in [5.74, 6) is 1.16. The van der Waals surface area contributed by atoms with Crippen LogP contribution in [0.1, 0.15) is 16.4 Å². The van der Waals surface area contributed by atoms with E-state index in [9.17, 15) is 0 Å².